The Bertz CT molecular complexity index is 702. The van der Waals surface area contributed by atoms with Gasteiger partial charge in [-0.15, -0.1) is 5.10 Å². The summed E-state index contributed by atoms with van der Waals surface area (Å²) in [7, 11) is 0. The third-order valence-corrected chi connectivity index (χ3v) is 5.49. The zero-order chi connectivity index (χ0) is 16.9. The highest BCUT2D eigenvalue weighted by atomic mass is 32.5. The molecule has 0 aliphatic rings. The highest BCUT2D eigenvalue weighted by molar-refractivity contribution is 8.07. The lowest BCUT2D eigenvalue weighted by molar-refractivity contribution is 0.214. The van der Waals surface area contributed by atoms with Crippen molar-refractivity contribution in [3.63, 3.8) is 0 Å². The zero-order valence-corrected chi connectivity index (χ0v) is 15.8. The molecule has 23 heavy (non-hydrogen) atoms. The standard InChI is InChI=1S/C12H18N5O3PS2/c1-5-18-21(22,19-6-2)20-11-14-9(3)17(16-11)10-7-8-13-12(15-10)23-4/h7-8H,5-6H2,1-4H3. The second kappa shape index (κ2) is 8.16. The summed E-state index contributed by atoms with van der Waals surface area (Å²) in [5.74, 6) is 1.21. The molecule has 0 N–H and O–H groups in total. The van der Waals surface area contributed by atoms with Gasteiger partial charge in [0.25, 0.3) is 0 Å². The molecule has 0 radical (unpaired) electrons. The Labute approximate surface area is 144 Å². The number of aryl methyl sites for hydroxylation is 1. The van der Waals surface area contributed by atoms with Crippen LogP contribution in [0, 0.1) is 6.92 Å². The van der Waals surface area contributed by atoms with Crippen LogP contribution in [-0.2, 0) is 20.9 Å². The van der Waals surface area contributed by atoms with Crippen LogP contribution in [0.25, 0.3) is 5.82 Å². The van der Waals surface area contributed by atoms with Crippen LogP contribution in [-0.4, -0.2) is 44.2 Å². The van der Waals surface area contributed by atoms with Gasteiger partial charge >= 0.3 is 12.7 Å². The van der Waals surface area contributed by atoms with E-state index < -0.39 is 6.72 Å². The van der Waals surface area contributed by atoms with E-state index in [0.29, 0.717) is 30.0 Å². The van der Waals surface area contributed by atoms with Crippen molar-refractivity contribution in [3.05, 3.63) is 18.1 Å². The van der Waals surface area contributed by atoms with Crippen LogP contribution in [0.5, 0.6) is 6.01 Å². The minimum atomic E-state index is -2.90. The monoisotopic (exact) mass is 375 g/mol. The van der Waals surface area contributed by atoms with Crippen LogP contribution in [0.15, 0.2) is 17.4 Å². The number of nitrogens with zero attached hydrogens (tertiary/aromatic N) is 5. The van der Waals surface area contributed by atoms with Crippen molar-refractivity contribution in [2.24, 2.45) is 0 Å². The molecule has 2 aromatic heterocycles. The van der Waals surface area contributed by atoms with Crippen LogP contribution in [0.3, 0.4) is 0 Å². The predicted octanol–water partition coefficient (Wildman–Crippen LogP) is 2.76. The highest BCUT2D eigenvalue weighted by Crippen LogP contribution is 2.48. The molecule has 0 aliphatic heterocycles. The van der Waals surface area contributed by atoms with Crippen molar-refractivity contribution in [2.45, 2.75) is 25.9 Å². The highest BCUT2D eigenvalue weighted by Gasteiger charge is 2.24. The molecule has 0 unspecified atom stereocenters. The van der Waals surface area contributed by atoms with Gasteiger partial charge in [0.2, 0.25) is 0 Å². The van der Waals surface area contributed by atoms with Gasteiger partial charge in [0.1, 0.15) is 5.82 Å². The maximum absolute atomic E-state index is 5.61. The predicted molar refractivity (Wildman–Crippen MR) is 91.6 cm³/mol. The molecule has 0 bridgehead atoms. The van der Waals surface area contributed by atoms with Gasteiger partial charge in [-0.1, -0.05) is 11.8 Å². The first-order chi connectivity index (χ1) is 11.0. The van der Waals surface area contributed by atoms with Crippen LogP contribution in [0.1, 0.15) is 19.7 Å². The van der Waals surface area contributed by atoms with Gasteiger partial charge < -0.3 is 4.52 Å². The lowest BCUT2D eigenvalue weighted by Gasteiger charge is -2.18. The summed E-state index contributed by atoms with van der Waals surface area (Å²) in [6.07, 6.45) is 3.57. The SMILES string of the molecule is CCOP(=S)(OCC)Oc1nc(C)n(-c2ccnc(SC)n2)n1. The van der Waals surface area contributed by atoms with Crippen LogP contribution >= 0.6 is 18.5 Å². The maximum atomic E-state index is 5.61. The fourth-order valence-electron chi connectivity index (χ4n) is 1.68. The largest absolute Gasteiger partial charge is 0.388 e. The molecule has 2 rings (SSSR count). The summed E-state index contributed by atoms with van der Waals surface area (Å²) in [6.45, 7) is 3.33. The van der Waals surface area contributed by atoms with Crippen molar-refractivity contribution in [1.82, 2.24) is 24.7 Å². The minimum absolute atomic E-state index is 0.108. The first-order valence-corrected chi connectivity index (χ1v) is 10.7. The minimum Gasteiger partial charge on any atom is -0.388 e. The van der Waals surface area contributed by atoms with Crippen LogP contribution < -0.4 is 4.52 Å². The molecular weight excluding hydrogens is 357 g/mol. The number of hydrogen-bond acceptors (Lipinski definition) is 9. The summed E-state index contributed by atoms with van der Waals surface area (Å²) in [4.78, 5) is 12.8. The summed E-state index contributed by atoms with van der Waals surface area (Å²) in [6, 6.07) is 1.85. The first kappa shape index (κ1) is 18.3. The smallest absolute Gasteiger partial charge is 0.382 e. The lowest BCUT2D eigenvalue weighted by Crippen LogP contribution is -2.05. The zero-order valence-electron chi connectivity index (χ0n) is 13.3. The molecule has 2 heterocycles. The van der Waals surface area contributed by atoms with E-state index in [0.717, 1.165) is 0 Å². The second-order valence-electron chi connectivity index (χ2n) is 4.13. The molecule has 0 fully saturated rings. The molecule has 8 nitrogen and oxygen atoms in total. The van der Waals surface area contributed by atoms with Crippen LogP contribution in [0.2, 0.25) is 0 Å². The van der Waals surface area contributed by atoms with Crippen molar-refractivity contribution < 1.29 is 13.6 Å². The average Bonchev–Trinajstić information content (AvgIpc) is 2.87. The summed E-state index contributed by atoms with van der Waals surface area (Å²) in [5, 5.41) is 4.94. The molecule has 0 saturated carbocycles. The molecule has 11 heteroatoms. The third kappa shape index (κ3) is 4.71. The third-order valence-electron chi connectivity index (χ3n) is 2.54. The summed E-state index contributed by atoms with van der Waals surface area (Å²) < 4.78 is 18.0. The number of hydrogen-bond donors (Lipinski definition) is 0. The first-order valence-electron chi connectivity index (χ1n) is 6.91. The van der Waals surface area contributed by atoms with Gasteiger partial charge in [0, 0.05) is 24.1 Å². The molecule has 126 valence electrons. The van der Waals surface area contributed by atoms with Crippen molar-refractivity contribution in [3.8, 4) is 11.8 Å². The van der Waals surface area contributed by atoms with Crippen molar-refractivity contribution in [2.75, 3.05) is 19.5 Å². The van der Waals surface area contributed by atoms with Gasteiger partial charge in [-0.2, -0.15) is 9.67 Å². The van der Waals surface area contributed by atoms with Crippen LogP contribution in [0.4, 0.5) is 0 Å². The maximum Gasteiger partial charge on any atom is 0.382 e. The van der Waals surface area contributed by atoms with E-state index in [2.05, 4.69) is 20.1 Å². The van der Waals surface area contributed by atoms with Gasteiger partial charge in [-0.3, -0.25) is 9.05 Å². The Kier molecular flexibility index (Phi) is 6.49. The van der Waals surface area contributed by atoms with Gasteiger partial charge in [0.15, 0.2) is 11.0 Å². The normalized spacial score (nSPS) is 11.7. The molecule has 0 amide bonds. The van der Waals surface area contributed by atoms with Gasteiger partial charge in [-0.25, -0.2) is 9.97 Å². The Morgan fingerprint density at radius 3 is 2.57 bits per heavy atom. The Hall–Kier alpha value is -1.06. The fourth-order valence-corrected chi connectivity index (χ4v) is 3.95. The van der Waals surface area contributed by atoms with E-state index in [1.807, 2.05) is 20.1 Å². The van der Waals surface area contributed by atoms with E-state index in [9.17, 15) is 0 Å². The van der Waals surface area contributed by atoms with E-state index >= 15 is 0 Å². The number of aromatic nitrogens is 5. The second-order valence-corrected chi connectivity index (χ2v) is 7.84. The molecule has 0 atom stereocenters. The number of thioether (sulfide) groups is 1. The van der Waals surface area contributed by atoms with E-state index in [-0.39, 0.29) is 6.01 Å². The summed E-state index contributed by atoms with van der Waals surface area (Å²) in [5.41, 5.74) is 0. The average molecular weight is 375 g/mol. The molecule has 2 aromatic rings. The molecular formula is C12H18N5O3PS2. The molecule has 0 spiro atoms. The molecule has 0 saturated heterocycles. The quantitative estimate of drug-likeness (QED) is 0.393. The Morgan fingerprint density at radius 1 is 1.26 bits per heavy atom. The fraction of sp³-hybridized carbons (Fsp3) is 0.500. The van der Waals surface area contributed by atoms with Gasteiger partial charge in [0.05, 0.1) is 13.2 Å². The summed E-state index contributed by atoms with van der Waals surface area (Å²) >= 11 is 6.76. The van der Waals surface area contributed by atoms with Crippen molar-refractivity contribution in [1.29, 1.82) is 0 Å². The number of rotatable bonds is 8. The van der Waals surface area contributed by atoms with Gasteiger partial charge in [-0.05, 0) is 27.0 Å². The van der Waals surface area contributed by atoms with E-state index in [1.165, 1.54) is 11.8 Å². The Morgan fingerprint density at radius 2 is 1.96 bits per heavy atom. The topological polar surface area (TPSA) is 84.2 Å². The van der Waals surface area contributed by atoms with E-state index in [4.69, 9.17) is 25.4 Å². The molecule has 0 aliphatic carbocycles. The van der Waals surface area contributed by atoms with E-state index in [1.54, 1.807) is 23.9 Å². The Balaban J connectivity index is 2.28. The van der Waals surface area contributed by atoms with Crippen molar-refractivity contribution >= 4 is 30.3 Å². The lowest BCUT2D eigenvalue weighted by atomic mass is 10.5. The molecule has 0 aromatic carbocycles.